The van der Waals surface area contributed by atoms with Gasteiger partial charge in [0.05, 0.1) is 13.1 Å². The number of amides is 3. The van der Waals surface area contributed by atoms with Crippen molar-refractivity contribution in [2.45, 2.75) is 57.9 Å². The fraction of sp³-hybridized carbons (Fsp3) is 0.619. The van der Waals surface area contributed by atoms with Gasteiger partial charge in [-0.3, -0.25) is 9.69 Å². The minimum absolute atomic E-state index is 0.0331. The van der Waals surface area contributed by atoms with E-state index < -0.39 is 23.5 Å². The molecule has 1 fully saturated rings. The maximum atomic E-state index is 13.0. The van der Waals surface area contributed by atoms with Crippen molar-refractivity contribution in [3.8, 4) is 0 Å². The average molecular weight is 408 g/mol. The topological polar surface area (TPSA) is 93.2 Å². The van der Waals surface area contributed by atoms with Crippen LogP contribution in [0.1, 0.15) is 52.4 Å². The highest BCUT2D eigenvalue weighted by molar-refractivity contribution is 6.06. The summed E-state index contributed by atoms with van der Waals surface area (Å²) in [6.07, 6.45) is 7.68. The summed E-state index contributed by atoms with van der Waals surface area (Å²) in [5, 5.41) is 0. The van der Waals surface area contributed by atoms with Gasteiger partial charge in [0.15, 0.2) is 0 Å². The first-order valence-corrected chi connectivity index (χ1v) is 10.0. The first-order chi connectivity index (χ1) is 13.8. The maximum absolute atomic E-state index is 13.0. The zero-order chi connectivity index (χ0) is 21.9. The predicted molar refractivity (Wildman–Crippen MR) is 108 cm³/mol. The first-order valence-electron chi connectivity index (χ1n) is 10.0. The van der Waals surface area contributed by atoms with Crippen molar-refractivity contribution in [2.24, 2.45) is 0 Å². The molecule has 1 heterocycles. The Morgan fingerprint density at radius 2 is 1.52 bits per heavy atom. The lowest BCUT2D eigenvalue weighted by Crippen LogP contribution is -2.48. The van der Waals surface area contributed by atoms with E-state index in [9.17, 15) is 19.2 Å². The van der Waals surface area contributed by atoms with Crippen molar-refractivity contribution in [1.29, 1.82) is 0 Å². The van der Waals surface area contributed by atoms with E-state index in [1.165, 1.54) is 4.90 Å². The molecule has 0 radical (unpaired) electrons. The lowest BCUT2D eigenvalue weighted by Gasteiger charge is -2.31. The molecule has 8 heteroatoms. The molecule has 0 aromatic rings. The number of hydrogen-bond donors (Lipinski definition) is 0. The molecule has 1 unspecified atom stereocenters. The summed E-state index contributed by atoms with van der Waals surface area (Å²) >= 11 is 0. The van der Waals surface area contributed by atoms with Crippen molar-refractivity contribution in [1.82, 2.24) is 9.80 Å². The summed E-state index contributed by atoms with van der Waals surface area (Å²) in [4.78, 5) is 50.9. The molecule has 8 nitrogen and oxygen atoms in total. The largest absolute Gasteiger partial charge is 0.461 e. The Morgan fingerprint density at radius 3 is 2.07 bits per heavy atom. The van der Waals surface area contributed by atoms with E-state index >= 15 is 0 Å². The van der Waals surface area contributed by atoms with Crippen molar-refractivity contribution in [2.75, 3.05) is 26.3 Å². The van der Waals surface area contributed by atoms with Gasteiger partial charge in [0.2, 0.25) is 0 Å². The zero-order valence-corrected chi connectivity index (χ0v) is 17.5. The van der Waals surface area contributed by atoms with Crippen LogP contribution < -0.4 is 0 Å². The molecule has 1 rings (SSSR count). The number of unbranched alkanes of at least 4 members (excludes halogenated alkanes) is 4. The third-order valence-electron chi connectivity index (χ3n) is 4.98. The molecule has 0 saturated carbocycles. The second-order valence-corrected chi connectivity index (χ2v) is 7.07. The van der Waals surface area contributed by atoms with Gasteiger partial charge < -0.3 is 14.4 Å². The standard InChI is InChI=1S/C21H32N2O6/c1-5-8-9-10-11-12-21(4)19(26)22(13-15-28-17(24)6-2)20(27)23(21)14-16-29-18(25)7-3/h6-7H,2-3,5,8-16H2,1,4H3. The van der Waals surface area contributed by atoms with Gasteiger partial charge in [0.1, 0.15) is 18.8 Å². The third kappa shape index (κ3) is 6.73. The molecule has 1 atom stereocenters. The van der Waals surface area contributed by atoms with Gasteiger partial charge in [-0.05, 0) is 13.3 Å². The molecule has 0 N–H and O–H groups in total. The Morgan fingerprint density at radius 1 is 0.966 bits per heavy atom. The summed E-state index contributed by atoms with van der Waals surface area (Å²) in [5.41, 5.74) is -1.02. The Kier molecular flexibility index (Phi) is 10.1. The molecule has 0 spiro atoms. The quantitative estimate of drug-likeness (QED) is 0.190. The minimum atomic E-state index is -1.02. The maximum Gasteiger partial charge on any atom is 0.330 e. The van der Waals surface area contributed by atoms with Gasteiger partial charge in [-0.1, -0.05) is 52.2 Å². The highest BCUT2D eigenvalue weighted by Crippen LogP contribution is 2.32. The van der Waals surface area contributed by atoms with E-state index in [0.717, 1.165) is 49.2 Å². The Balaban J connectivity index is 2.83. The summed E-state index contributed by atoms with van der Waals surface area (Å²) < 4.78 is 9.89. The number of nitrogens with zero attached hydrogens (tertiary/aromatic N) is 2. The smallest absolute Gasteiger partial charge is 0.330 e. The van der Waals surface area contributed by atoms with E-state index in [-0.39, 0.29) is 32.2 Å². The monoisotopic (exact) mass is 408 g/mol. The molecule has 0 aromatic heterocycles. The minimum Gasteiger partial charge on any atom is -0.461 e. The Hall–Kier alpha value is -2.64. The van der Waals surface area contributed by atoms with Gasteiger partial charge in [-0.2, -0.15) is 0 Å². The highest BCUT2D eigenvalue weighted by atomic mass is 16.5. The number of hydrogen-bond acceptors (Lipinski definition) is 6. The summed E-state index contributed by atoms with van der Waals surface area (Å²) in [6, 6.07) is -0.477. The highest BCUT2D eigenvalue weighted by Gasteiger charge is 2.53. The van der Waals surface area contributed by atoms with Crippen LogP contribution in [-0.4, -0.2) is 65.5 Å². The van der Waals surface area contributed by atoms with Crippen LogP contribution in [0.5, 0.6) is 0 Å². The van der Waals surface area contributed by atoms with Crippen LogP contribution in [0.4, 0.5) is 4.79 Å². The second-order valence-electron chi connectivity index (χ2n) is 7.07. The number of ether oxygens (including phenoxy) is 2. The first kappa shape index (κ1) is 24.4. The van der Waals surface area contributed by atoms with Crippen molar-refractivity contribution < 1.29 is 28.7 Å². The zero-order valence-electron chi connectivity index (χ0n) is 17.5. The fourth-order valence-electron chi connectivity index (χ4n) is 3.30. The molecular formula is C21H32N2O6. The number of urea groups is 1. The van der Waals surface area contributed by atoms with Gasteiger partial charge in [-0.25, -0.2) is 14.4 Å². The molecule has 1 aliphatic heterocycles. The number of carbonyl (C=O) groups is 4. The van der Waals surface area contributed by atoms with E-state index in [1.54, 1.807) is 6.92 Å². The van der Waals surface area contributed by atoms with Crippen molar-refractivity contribution in [3.05, 3.63) is 25.3 Å². The predicted octanol–water partition coefficient (Wildman–Crippen LogP) is 2.83. The van der Waals surface area contributed by atoms with E-state index in [1.807, 2.05) is 0 Å². The lowest BCUT2D eigenvalue weighted by molar-refractivity contribution is -0.141. The van der Waals surface area contributed by atoms with Gasteiger partial charge >= 0.3 is 18.0 Å². The van der Waals surface area contributed by atoms with Crippen LogP contribution in [0.25, 0.3) is 0 Å². The molecule has 1 aliphatic rings. The van der Waals surface area contributed by atoms with E-state index in [4.69, 9.17) is 9.47 Å². The lowest BCUT2D eigenvalue weighted by atomic mass is 9.92. The van der Waals surface area contributed by atoms with Gasteiger partial charge in [-0.15, -0.1) is 0 Å². The summed E-state index contributed by atoms with van der Waals surface area (Å²) in [7, 11) is 0. The van der Waals surface area contributed by atoms with Gasteiger partial charge in [0, 0.05) is 12.2 Å². The average Bonchev–Trinajstić information content (AvgIpc) is 2.88. The number of rotatable bonds is 14. The van der Waals surface area contributed by atoms with Crippen LogP contribution in [0, 0.1) is 0 Å². The molecule has 0 bridgehead atoms. The molecule has 0 aliphatic carbocycles. The number of carbonyl (C=O) groups excluding carboxylic acids is 4. The second kappa shape index (κ2) is 12.0. The number of esters is 2. The van der Waals surface area contributed by atoms with E-state index in [0.29, 0.717) is 6.42 Å². The van der Waals surface area contributed by atoms with Crippen LogP contribution in [0.2, 0.25) is 0 Å². The molecule has 29 heavy (non-hydrogen) atoms. The van der Waals surface area contributed by atoms with Crippen molar-refractivity contribution >= 4 is 23.9 Å². The van der Waals surface area contributed by atoms with Crippen LogP contribution in [-0.2, 0) is 23.9 Å². The molecular weight excluding hydrogens is 376 g/mol. The number of imide groups is 1. The Labute approximate surface area is 172 Å². The van der Waals surface area contributed by atoms with Gasteiger partial charge in [0.25, 0.3) is 5.91 Å². The molecule has 3 amide bonds. The summed E-state index contributed by atoms with van der Waals surface area (Å²) in [5.74, 6) is -1.53. The van der Waals surface area contributed by atoms with Crippen LogP contribution >= 0.6 is 0 Å². The normalized spacial score (nSPS) is 18.7. The van der Waals surface area contributed by atoms with Crippen LogP contribution in [0.3, 0.4) is 0 Å². The SMILES string of the molecule is C=CC(=O)OCCN1C(=O)N(CCOC(=O)C=C)C(C)(CCCCCCC)C1=O. The van der Waals surface area contributed by atoms with Crippen LogP contribution in [0.15, 0.2) is 25.3 Å². The third-order valence-corrected chi connectivity index (χ3v) is 4.98. The summed E-state index contributed by atoms with van der Waals surface area (Å²) in [6.45, 7) is 10.4. The molecule has 162 valence electrons. The fourth-order valence-corrected chi connectivity index (χ4v) is 3.30. The molecule has 1 saturated heterocycles. The van der Waals surface area contributed by atoms with Crippen molar-refractivity contribution in [3.63, 3.8) is 0 Å². The molecule has 0 aromatic carbocycles. The van der Waals surface area contributed by atoms with E-state index in [2.05, 4.69) is 20.1 Å². The Bertz CT molecular complexity index is 633.